The van der Waals surface area contributed by atoms with Crippen molar-refractivity contribution in [3.8, 4) is 0 Å². The molecule has 1 saturated carbocycles. The van der Waals surface area contributed by atoms with Crippen molar-refractivity contribution in [1.82, 2.24) is 15.2 Å². The zero-order valence-electron chi connectivity index (χ0n) is 13.6. The number of aryl methyl sites for hydroxylation is 1. The molecule has 1 fully saturated rings. The van der Waals surface area contributed by atoms with Gasteiger partial charge in [0.05, 0.1) is 11.2 Å². The van der Waals surface area contributed by atoms with Crippen LogP contribution in [-0.4, -0.2) is 36.1 Å². The molecule has 1 heterocycles. The Labute approximate surface area is 127 Å². The van der Waals surface area contributed by atoms with Crippen molar-refractivity contribution in [3.05, 3.63) is 16.1 Å². The Hall–Kier alpha value is -0.450. The standard InChI is InChI=1S/C16H29N3S/c1-12-7-6-8-16(9-12,19(4)5)10-17-13(2)15-14(3)18-11-20-15/h11-13,17H,6-10H2,1-5H3. The lowest BCUT2D eigenvalue weighted by molar-refractivity contribution is 0.0729. The van der Waals surface area contributed by atoms with Gasteiger partial charge in [0.15, 0.2) is 0 Å². The molecule has 1 aromatic heterocycles. The summed E-state index contributed by atoms with van der Waals surface area (Å²) in [4.78, 5) is 8.19. The molecule has 0 aromatic carbocycles. The van der Waals surface area contributed by atoms with Crippen molar-refractivity contribution >= 4 is 11.3 Å². The van der Waals surface area contributed by atoms with Gasteiger partial charge in [-0.25, -0.2) is 4.98 Å². The zero-order valence-corrected chi connectivity index (χ0v) is 14.4. The summed E-state index contributed by atoms with van der Waals surface area (Å²) < 4.78 is 0. The first-order valence-electron chi connectivity index (χ1n) is 7.75. The number of nitrogens with zero attached hydrogens (tertiary/aromatic N) is 2. The van der Waals surface area contributed by atoms with Crippen molar-refractivity contribution in [2.45, 2.75) is 58.0 Å². The summed E-state index contributed by atoms with van der Waals surface area (Å²) in [6, 6.07) is 0.400. The zero-order chi connectivity index (χ0) is 14.8. The predicted octanol–water partition coefficient (Wildman–Crippen LogP) is 3.61. The van der Waals surface area contributed by atoms with Crippen LogP contribution in [0.15, 0.2) is 5.51 Å². The summed E-state index contributed by atoms with van der Waals surface area (Å²) in [7, 11) is 4.48. The average molecular weight is 295 g/mol. The van der Waals surface area contributed by atoms with Crippen LogP contribution in [0.1, 0.15) is 56.1 Å². The fourth-order valence-corrected chi connectivity index (χ4v) is 4.35. The molecule has 0 bridgehead atoms. The fourth-order valence-electron chi connectivity index (χ4n) is 3.52. The third kappa shape index (κ3) is 3.41. The smallest absolute Gasteiger partial charge is 0.0798 e. The second kappa shape index (κ2) is 6.54. The van der Waals surface area contributed by atoms with Crippen molar-refractivity contribution in [2.75, 3.05) is 20.6 Å². The highest BCUT2D eigenvalue weighted by Crippen LogP contribution is 2.35. The van der Waals surface area contributed by atoms with Gasteiger partial charge in [-0.3, -0.25) is 0 Å². The Morgan fingerprint density at radius 1 is 1.55 bits per heavy atom. The molecule has 2 rings (SSSR count). The summed E-state index contributed by atoms with van der Waals surface area (Å²) in [5.74, 6) is 0.841. The van der Waals surface area contributed by atoms with Crippen LogP contribution in [0.25, 0.3) is 0 Å². The highest BCUT2D eigenvalue weighted by atomic mass is 32.1. The van der Waals surface area contributed by atoms with Crippen LogP contribution in [0.2, 0.25) is 0 Å². The van der Waals surface area contributed by atoms with Crippen LogP contribution >= 0.6 is 11.3 Å². The second-order valence-corrected chi connectivity index (χ2v) is 7.61. The number of hydrogen-bond donors (Lipinski definition) is 1. The molecule has 3 nitrogen and oxygen atoms in total. The monoisotopic (exact) mass is 295 g/mol. The summed E-state index contributed by atoms with van der Waals surface area (Å²) in [5, 5.41) is 3.77. The van der Waals surface area contributed by atoms with Crippen LogP contribution in [0, 0.1) is 12.8 Å². The van der Waals surface area contributed by atoms with Gasteiger partial charge in [-0.15, -0.1) is 11.3 Å². The van der Waals surface area contributed by atoms with Gasteiger partial charge < -0.3 is 10.2 Å². The summed E-state index contributed by atoms with van der Waals surface area (Å²) in [5.41, 5.74) is 3.45. The Kier molecular flexibility index (Phi) is 5.21. The second-order valence-electron chi connectivity index (χ2n) is 6.72. The number of aromatic nitrogens is 1. The van der Waals surface area contributed by atoms with Crippen molar-refractivity contribution in [1.29, 1.82) is 0 Å². The predicted molar refractivity (Wildman–Crippen MR) is 87.3 cm³/mol. The lowest BCUT2D eigenvalue weighted by Gasteiger charge is -2.46. The van der Waals surface area contributed by atoms with Crippen LogP contribution in [0.3, 0.4) is 0 Å². The number of likely N-dealkylation sites (N-methyl/N-ethyl adjacent to an activating group) is 1. The van der Waals surface area contributed by atoms with Crippen LogP contribution in [0.4, 0.5) is 0 Å². The van der Waals surface area contributed by atoms with E-state index < -0.39 is 0 Å². The van der Waals surface area contributed by atoms with E-state index in [4.69, 9.17) is 0 Å². The van der Waals surface area contributed by atoms with Crippen molar-refractivity contribution in [3.63, 3.8) is 0 Å². The van der Waals surface area contributed by atoms with Gasteiger partial charge in [0.2, 0.25) is 0 Å². The molecule has 3 atom stereocenters. The van der Waals surface area contributed by atoms with E-state index in [0.29, 0.717) is 11.6 Å². The Morgan fingerprint density at radius 3 is 2.85 bits per heavy atom. The maximum absolute atomic E-state index is 4.37. The first kappa shape index (κ1) is 15.9. The lowest BCUT2D eigenvalue weighted by Crippen LogP contribution is -2.54. The number of rotatable bonds is 5. The fraction of sp³-hybridized carbons (Fsp3) is 0.812. The minimum absolute atomic E-state index is 0.324. The van der Waals surface area contributed by atoms with Crippen LogP contribution < -0.4 is 5.32 Å². The normalized spacial score (nSPS) is 28.8. The van der Waals surface area contributed by atoms with Gasteiger partial charge in [-0.2, -0.15) is 0 Å². The minimum Gasteiger partial charge on any atom is -0.308 e. The first-order valence-corrected chi connectivity index (χ1v) is 8.63. The number of hydrogen-bond acceptors (Lipinski definition) is 4. The molecular weight excluding hydrogens is 266 g/mol. The Morgan fingerprint density at radius 2 is 2.30 bits per heavy atom. The van der Waals surface area contributed by atoms with Crippen molar-refractivity contribution < 1.29 is 0 Å². The number of thiazole rings is 1. The highest BCUT2D eigenvalue weighted by molar-refractivity contribution is 7.09. The van der Waals surface area contributed by atoms with Crippen molar-refractivity contribution in [2.24, 2.45) is 5.92 Å². The molecule has 1 aliphatic carbocycles. The highest BCUT2D eigenvalue weighted by Gasteiger charge is 2.37. The summed E-state index contributed by atoms with van der Waals surface area (Å²) in [6.45, 7) is 7.83. The largest absolute Gasteiger partial charge is 0.308 e. The van der Waals surface area contributed by atoms with E-state index in [1.165, 1.54) is 36.3 Å². The molecule has 3 unspecified atom stereocenters. The molecule has 0 radical (unpaired) electrons. The van der Waals surface area contributed by atoms with E-state index in [2.05, 4.69) is 50.1 Å². The summed E-state index contributed by atoms with van der Waals surface area (Å²) >= 11 is 1.76. The molecule has 0 amide bonds. The van der Waals surface area contributed by atoms with E-state index in [1.807, 2.05) is 5.51 Å². The third-order valence-electron chi connectivity index (χ3n) is 4.93. The maximum Gasteiger partial charge on any atom is 0.0798 e. The van der Waals surface area contributed by atoms with E-state index in [1.54, 1.807) is 11.3 Å². The minimum atomic E-state index is 0.324. The molecular formula is C16H29N3S. The lowest BCUT2D eigenvalue weighted by atomic mass is 9.75. The molecule has 0 saturated heterocycles. The van der Waals surface area contributed by atoms with E-state index in [-0.39, 0.29) is 0 Å². The van der Waals surface area contributed by atoms with E-state index in [9.17, 15) is 0 Å². The molecule has 0 spiro atoms. The average Bonchev–Trinajstić information content (AvgIpc) is 2.82. The summed E-state index contributed by atoms with van der Waals surface area (Å²) in [6.07, 6.45) is 5.36. The van der Waals surface area contributed by atoms with Gasteiger partial charge >= 0.3 is 0 Å². The van der Waals surface area contributed by atoms with Gasteiger partial charge in [-0.05, 0) is 46.7 Å². The molecule has 114 valence electrons. The van der Waals surface area contributed by atoms with Gasteiger partial charge in [0.25, 0.3) is 0 Å². The molecule has 0 aliphatic heterocycles. The Balaban J connectivity index is 2.01. The SMILES string of the molecule is Cc1ncsc1C(C)NCC1(N(C)C)CCCC(C)C1. The molecule has 4 heteroatoms. The topological polar surface area (TPSA) is 28.2 Å². The molecule has 1 N–H and O–H groups in total. The van der Waals surface area contributed by atoms with Gasteiger partial charge in [0.1, 0.15) is 0 Å². The quantitative estimate of drug-likeness (QED) is 0.899. The molecule has 1 aliphatic rings. The number of nitrogens with one attached hydrogen (secondary N) is 1. The first-order chi connectivity index (χ1) is 9.44. The maximum atomic E-state index is 4.37. The van der Waals surface area contributed by atoms with Crippen LogP contribution in [-0.2, 0) is 0 Å². The van der Waals surface area contributed by atoms with Gasteiger partial charge in [-0.1, -0.05) is 19.8 Å². The van der Waals surface area contributed by atoms with Crippen LogP contribution in [0.5, 0.6) is 0 Å². The van der Waals surface area contributed by atoms with E-state index >= 15 is 0 Å². The van der Waals surface area contributed by atoms with E-state index in [0.717, 1.165) is 12.5 Å². The molecule has 1 aromatic rings. The third-order valence-corrected chi connectivity index (χ3v) is 6.04. The van der Waals surface area contributed by atoms with Gasteiger partial charge in [0, 0.05) is 23.0 Å². The Bertz CT molecular complexity index is 429. The molecule has 20 heavy (non-hydrogen) atoms.